The lowest BCUT2D eigenvalue weighted by Crippen LogP contribution is -2.03. The van der Waals surface area contributed by atoms with E-state index in [0.717, 1.165) is 0 Å². The van der Waals surface area contributed by atoms with Crippen LogP contribution in [0, 0.1) is 0 Å². The fraction of sp³-hybridized carbons (Fsp3) is 0.167. The van der Waals surface area contributed by atoms with Crippen LogP contribution in [0.25, 0.3) is 0 Å². The van der Waals surface area contributed by atoms with Gasteiger partial charge >= 0.3 is 5.97 Å². The van der Waals surface area contributed by atoms with Crippen molar-refractivity contribution in [1.29, 1.82) is 0 Å². The lowest BCUT2D eigenvalue weighted by Gasteiger charge is -1.98. The molecule has 0 heterocycles. The minimum atomic E-state index is -1.19. The quantitative estimate of drug-likeness (QED) is 0.207. The molecule has 4 nitrogen and oxygen atoms in total. The van der Waals surface area contributed by atoms with E-state index in [9.17, 15) is 4.79 Å². The average molecular weight is 144 g/mol. The highest BCUT2D eigenvalue weighted by Gasteiger charge is 2.06. The lowest BCUT2D eigenvalue weighted by molar-refractivity contribution is -0.240. The van der Waals surface area contributed by atoms with Crippen LogP contribution in [0.15, 0.2) is 24.5 Å². The molecule has 0 aliphatic rings. The molecule has 0 amide bonds. The standard InChI is InChI=1S/C6H8O4/c1-3-4-5(6(7)8)10-9-2/h3-4H,1H2,2H3,(H,7,8). The van der Waals surface area contributed by atoms with E-state index in [2.05, 4.69) is 16.4 Å². The Balaban J connectivity index is 4.11. The predicted molar refractivity (Wildman–Crippen MR) is 34.0 cm³/mol. The van der Waals surface area contributed by atoms with Gasteiger partial charge in [-0.2, -0.15) is 4.89 Å². The van der Waals surface area contributed by atoms with E-state index in [1.54, 1.807) is 0 Å². The van der Waals surface area contributed by atoms with E-state index in [1.807, 2.05) is 0 Å². The van der Waals surface area contributed by atoms with E-state index in [4.69, 9.17) is 5.11 Å². The van der Waals surface area contributed by atoms with Crippen molar-refractivity contribution < 1.29 is 19.7 Å². The molecule has 0 saturated carbocycles. The average Bonchev–Trinajstić information content (AvgIpc) is 1.87. The van der Waals surface area contributed by atoms with Crippen molar-refractivity contribution in [2.45, 2.75) is 0 Å². The van der Waals surface area contributed by atoms with Gasteiger partial charge in [-0.05, 0) is 6.08 Å². The maximum atomic E-state index is 10.2. The van der Waals surface area contributed by atoms with Crippen LogP contribution in [0.4, 0.5) is 0 Å². The Labute approximate surface area is 58.3 Å². The summed E-state index contributed by atoms with van der Waals surface area (Å²) in [4.78, 5) is 18.5. The van der Waals surface area contributed by atoms with Gasteiger partial charge in [0.05, 0.1) is 7.11 Å². The Morgan fingerprint density at radius 3 is 2.60 bits per heavy atom. The van der Waals surface area contributed by atoms with Gasteiger partial charge in [-0.25, -0.2) is 4.79 Å². The van der Waals surface area contributed by atoms with Gasteiger partial charge in [-0.3, -0.25) is 0 Å². The molecule has 0 aromatic carbocycles. The molecule has 0 aromatic heterocycles. The molecule has 0 bridgehead atoms. The number of rotatable bonds is 4. The Bertz CT molecular complexity index is 159. The van der Waals surface area contributed by atoms with Gasteiger partial charge in [0, 0.05) is 0 Å². The van der Waals surface area contributed by atoms with Crippen LogP contribution in [0.5, 0.6) is 0 Å². The molecule has 0 saturated heterocycles. The van der Waals surface area contributed by atoms with Crippen molar-refractivity contribution in [3.05, 3.63) is 24.5 Å². The molecular formula is C6H8O4. The largest absolute Gasteiger partial charge is 0.475 e. The molecule has 1 N–H and O–H groups in total. The zero-order valence-electron chi connectivity index (χ0n) is 5.53. The maximum absolute atomic E-state index is 10.2. The highest BCUT2D eigenvalue weighted by atomic mass is 17.2. The third kappa shape index (κ3) is 2.88. The fourth-order valence-electron chi connectivity index (χ4n) is 0.332. The van der Waals surface area contributed by atoms with Gasteiger partial charge in [0.15, 0.2) is 0 Å². The molecule has 0 rings (SSSR count). The van der Waals surface area contributed by atoms with E-state index in [1.165, 1.54) is 19.3 Å². The summed E-state index contributed by atoms with van der Waals surface area (Å²) >= 11 is 0. The zero-order chi connectivity index (χ0) is 7.98. The van der Waals surface area contributed by atoms with Crippen molar-refractivity contribution in [1.82, 2.24) is 0 Å². The number of aliphatic carboxylic acids is 1. The monoisotopic (exact) mass is 144 g/mol. The molecule has 0 fully saturated rings. The molecule has 0 radical (unpaired) electrons. The minimum absolute atomic E-state index is 0.294. The number of carboxylic acid groups (broad SMARTS) is 1. The summed E-state index contributed by atoms with van der Waals surface area (Å²) in [7, 11) is 1.22. The lowest BCUT2D eigenvalue weighted by atomic mass is 10.4. The summed E-state index contributed by atoms with van der Waals surface area (Å²) in [5, 5.41) is 8.31. The van der Waals surface area contributed by atoms with Crippen molar-refractivity contribution in [2.24, 2.45) is 0 Å². The SMILES string of the molecule is C=CC=C(OOC)C(=O)O. The van der Waals surface area contributed by atoms with Gasteiger partial charge < -0.3 is 9.99 Å². The number of allylic oxidation sites excluding steroid dienone is 2. The molecule has 4 heteroatoms. The third-order valence-corrected chi connectivity index (χ3v) is 0.653. The van der Waals surface area contributed by atoms with Crippen LogP contribution in [-0.2, 0) is 14.6 Å². The molecule has 0 aromatic rings. The summed E-state index contributed by atoms with van der Waals surface area (Å²) in [6.07, 6.45) is 2.48. The van der Waals surface area contributed by atoms with Crippen molar-refractivity contribution in [3.8, 4) is 0 Å². The molecule has 0 spiro atoms. The predicted octanol–water partition coefficient (Wildman–Crippen LogP) is 0.719. The van der Waals surface area contributed by atoms with Gasteiger partial charge in [0.2, 0.25) is 5.76 Å². The molecule has 0 aliphatic carbocycles. The first-order valence-corrected chi connectivity index (χ1v) is 2.49. The normalized spacial score (nSPS) is 10.7. The highest BCUT2D eigenvalue weighted by Crippen LogP contribution is 1.96. The van der Waals surface area contributed by atoms with E-state index < -0.39 is 5.97 Å². The number of carboxylic acids is 1. The second-order valence-corrected chi connectivity index (χ2v) is 1.32. The van der Waals surface area contributed by atoms with E-state index in [0.29, 0.717) is 0 Å². The summed E-state index contributed by atoms with van der Waals surface area (Å²) < 4.78 is 0. The third-order valence-electron chi connectivity index (χ3n) is 0.653. The fourth-order valence-corrected chi connectivity index (χ4v) is 0.332. The molecular weight excluding hydrogens is 136 g/mol. The van der Waals surface area contributed by atoms with Crippen LogP contribution in [0.3, 0.4) is 0 Å². The highest BCUT2D eigenvalue weighted by molar-refractivity contribution is 5.84. The molecule has 0 unspecified atom stereocenters. The van der Waals surface area contributed by atoms with Gasteiger partial charge in [-0.1, -0.05) is 12.7 Å². The van der Waals surface area contributed by atoms with Crippen LogP contribution < -0.4 is 0 Å². The summed E-state index contributed by atoms with van der Waals surface area (Å²) in [6.45, 7) is 3.29. The smallest absolute Gasteiger partial charge is 0.375 e. The molecule has 0 atom stereocenters. The first kappa shape index (κ1) is 8.71. The number of hydrogen-bond donors (Lipinski definition) is 1. The van der Waals surface area contributed by atoms with Crippen molar-refractivity contribution in [2.75, 3.05) is 7.11 Å². The summed E-state index contributed by atoms with van der Waals surface area (Å²) in [5.41, 5.74) is 0. The van der Waals surface area contributed by atoms with Gasteiger partial charge in [-0.15, -0.1) is 0 Å². The number of carbonyl (C=O) groups is 1. The van der Waals surface area contributed by atoms with E-state index in [-0.39, 0.29) is 5.76 Å². The second-order valence-electron chi connectivity index (χ2n) is 1.32. The number of hydrogen-bond acceptors (Lipinski definition) is 3. The van der Waals surface area contributed by atoms with Gasteiger partial charge in [0.25, 0.3) is 0 Å². The summed E-state index contributed by atoms with van der Waals surface area (Å²) in [6, 6.07) is 0. The zero-order valence-corrected chi connectivity index (χ0v) is 5.53. The Kier molecular flexibility index (Phi) is 3.99. The van der Waals surface area contributed by atoms with Crippen molar-refractivity contribution >= 4 is 5.97 Å². The Morgan fingerprint density at radius 2 is 2.30 bits per heavy atom. The van der Waals surface area contributed by atoms with Gasteiger partial charge in [0.1, 0.15) is 0 Å². The van der Waals surface area contributed by atoms with Crippen molar-refractivity contribution in [3.63, 3.8) is 0 Å². The van der Waals surface area contributed by atoms with Crippen LogP contribution in [0.2, 0.25) is 0 Å². The Hall–Kier alpha value is -1.29. The minimum Gasteiger partial charge on any atom is -0.475 e. The molecule has 10 heavy (non-hydrogen) atoms. The maximum Gasteiger partial charge on any atom is 0.375 e. The summed E-state index contributed by atoms with van der Waals surface area (Å²) in [5.74, 6) is -1.49. The molecule has 0 aliphatic heterocycles. The topological polar surface area (TPSA) is 55.8 Å². The van der Waals surface area contributed by atoms with Crippen LogP contribution >= 0.6 is 0 Å². The van der Waals surface area contributed by atoms with Crippen LogP contribution in [-0.4, -0.2) is 18.2 Å². The first-order chi connectivity index (χ1) is 4.72. The second kappa shape index (κ2) is 4.58. The first-order valence-electron chi connectivity index (χ1n) is 2.49. The van der Waals surface area contributed by atoms with Crippen LogP contribution in [0.1, 0.15) is 0 Å². The molecule has 56 valence electrons. The van der Waals surface area contributed by atoms with E-state index >= 15 is 0 Å². The Morgan fingerprint density at radius 1 is 1.70 bits per heavy atom.